The lowest BCUT2D eigenvalue weighted by Gasteiger charge is -2.27. The molecule has 0 radical (unpaired) electrons. The Morgan fingerprint density at radius 3 is 2.62 bits per heavy atom. The number of carbonyl (C=O) groups is 1. The zero-order chi connectivity index (χ0) is 12.2. The predicted octanol–water partition coefficient (Wildman–Crippen LogP) is 0.900. The molecule has 0 amide bonds. The van der Waals surface area contributed by atoms with Crippen molar-refractivity contribution in [1.82, 2.24) is 9.97 Å². The second-order valence-electron chi connectivity index (χ2n) is 3.87. The van der Waals surface area contributed by atoms with Crippen LogP contribution in [-0.2, 0) is 10.5 Å². The fourth-order valence-electron chi connectivity index (χ4n) is 1.04. The number of hydrogen-bond donors (Lipinski definition) is 2. The fourth-order valence-corrected chi connectivity index (χ4v) is 1.97. The summed E-state index contributed by atoms with van der Waals surface area (Å²) in [5.74, 6) is 0.235. The summed E-state index contributed by atoms with van der Waals surface area (Å²) in [6.07, 6.45) is 3.32. The summed E-state index contributed by atoms with van der Waals surface area (Å²) in [7, 11) is 0. The van der Waals surface area contributed by atoms with Gasteiger partial charge >= 0.3 is 5.97 Å². The van der Waals surface area contributed by atoms with Crippen molar-refractivity contribution in [3.8, 4) is 0 Å². The molecule has 1 heterocycles. The molecule has 88 valence electrons. The minimum Gasteiger partial charge on any atom is -0.480 e. The van der Waals surface area contributed by atoms with Gasteiger partial charge in [-0.25, -0.2) is 9.97 Å². The van der Waals surface area contributed by atoms with Crippen LogP contribution >= 0.6 is 11.8 Å². The molecule has 5 nitrogen and oxygen atoms in total. The largest absolute Gasteiger partial charge is 0.480 e. The van der Waals surface area contributed by atoms with Crippen molar-refractivity contribution in [2.24, 2.45) is 5.73 Å². The Morgan fingerprint density at radius 2 is 2.12 bits per heavy atom. The molecule has 3 N–H and O–H groups in total. The average molecular weight is 241 g/mol. The zero-order valence-corrected chi connectivity index (χ0v) is 10.1. The first-order valence-corrected chi connectivity index (χ1v) is 5.80. The molecular formula is C10H15N3O2S. The van der Waals surface area contributed by atoms with Gasteiger partial charge < -0.3 is 10.8 Å². The van der Waals surface area contributed by atoms with E-state index >= 15 is 0 Å². The van der Waals surface area contributed by atoms with E-state index in [1.807, 2.05) is 0 Å². The molecule has 0 fully saturated rings. The van der Waals surface area contributed by atoms with Gasteiger partial charge in [-0.05, 0) is 19.9 Å². The highest BCUT2D eigenvalue weighted by Crippen LogP contribution is 2.29. The van der Waals surface area contributed by atoms with E-state index in [0.717, 1.165) is 0 Å². The molecule has 0 aromatic carbocycles. The van der Waals surface area contributed by atoms with Crippen molar-refractivity contribution >= 4 is 17.7 Å². The molecule has 0 saturated heterocycles. The van der Waals surface area contributed by atoms with Gasteiger partial charge in [-0.1, -0.05) is 0 Å². The Labute approximate surface area is 98.5 Å². The van der Waals surface area contributed by atoms with Crippen molar-refractivity contribution in [2.75, 3.05) is 0 Å². The summed E-state index contributed by atoms with van der Waals surface area (Å²) in [5.41, 5.74) is 5.60. The highest BCUT2D eigenvalue weighted by atomic mass is 32.2. The van der Waals surface area contributed by atoms with Gasteiger partial charge in [0.15, 0.2) is 0 Å². The Kier molecular flexibility index (Phi) is 4.26. The number of thioether (sulfide) groups is 1. The molecule has 0 aliphatic carbocycles. The van der Waals surface area contributed by atoms with Crippen LogP contribution in [-0.4, -0.2) is 31.8 Å². The number of rotatable bonds is 5. The van der Waals surface area contributed by atoms with E-state index in [2.05, 4.69) is 9.97 Å². The van der Waals surface area contributed by atoms with Gasteiger partial charge in [0.05, 0.1) is 5.75 Å². The van der Waals surface area contributed by atoms with Crippen LogP contribution in [0.1, 0.15) is 19.7 Å². The predicted molar refractivity (Wildman–Crippen MR) is 63.0 cm³/mol. The minimum absolute atomic E-state index is 0.550. The van der Waals surface area contributed by atoms with E-state index in [1.54, 1.807) is 32.3 Å². The number of aromatic nitrogens is 2. The number of carboxylic acids is 1. The Bertz CT molecular complexity index is 356. The first-order chi connectivity index (χ1) is 7.43. The summed E-state index contributed by atoms with van der Waals surface area (Å²) in [6, 6.07) is 0.837. The normalized spacial score (nSPS) is 13.4. The Hall–Kier alpha value is -1.14. The maximum Gasteiger partial charge on any atom is 0.321 e. The van der Waals surface area contributed by atoms with Crippen LogP contribution in [0.25, 0.3) is 0 Å². The molecule has 0 aliphatic heterocycles. The van der Waals surface area contributed by atoms with Gasteiger partial charge in [-0.3, -0.25) is 4.79 Å². The first kappa shape index (κ1) is 12.9. The lowest BCUT2D eigenvalue weighted by Crippen LogP contribution is -2.46. The third-order valence-electron chi connectivity index (χ3n) is 2.21. The van der Waals surface area contributed by atoms with Crippen LogP contribution in [0.4, 0.5) is 0 Å². The monoisotopic (exact) mass is 241 g/mol. The maximum absolute atomic E-state index is 10.8. The third kappa shape index (κ3) is 3.46. The van der Waals surface area contributed by atoms with Crippen molar-refractivity contribution in [3.05, 3.63) is 24.3 Å². The zero-order valence-electron chi connectivity index (χ0n) is 9.25. The summed E-state index contributed by atoms with van der Waals surface area (Å²) >= 11 is 1.44. The number of carboxylic acid groups (broad SMARTS) is 1. The van der Waals surface area contributed by atoms with Crippen LogP contribution < -0.4 is 5.73 Å². The molecule has 1 rings (SSSR count). The van der Waals surface area contributed by atoms with E-state index in [-0.39, 0.29) is 0 Å². The molecule has 0 saturated carbocycles. The van der Waals surface area contributed by atoms with Gasteiger partial charge in [0.2, 0.25) is 0 Å². The second kappa shape index (κ2) is 5.27. The lowest BCUT2D eigenvalue weighted by molar-refractivity contribution is -0.139. The van der Waals surface area contributed by atoms with Gasteiger partial charge in [0, 0.05) is 17.1 Å². The average Bonchev–Trinajstić information content (AvgIpc) is 2.27. The van der Waals surface area contributed by atoms with Crippen molar-refractivity contribution < 1.29 is 9.90 Å². The summed E-state index contributed by atoms with van der Waals surface area (Å²) in [6.45, 7) is 3.61. The molecule has 0 aliphatic rings. The van der Waals surface area contributed by atoms with Crippen molar-refractivity contribution in [1.29, 1.82) is 0 Å². The topological polar surface area (TPSA) is 89.1 Å². The molecule has 1 aromatic heterocycles. The van der Waals surface area contributed by atoms with Crippen LogP contribution in [0.3, 0.4) is 0 Å². The van der Waals surface area contributed by atoms with E-state index in [0.29, 0.717) is 11.6 Å². The highest BCUT2D eigenvalue weighted by Gasteiger charge is 2.32. The number of nitrogens with two attached hydrogens (primary N) is 1. The third-order valence-corrected chi connectivity index (χ3v) is 3.61. The summed E-state index contributed by atoms with van der Waals surface area (Å²) < 4.78 is -0.551. The Morgan fingerprint density at radius 1 is 1.56 bits per heavy atom. The SMILES string of the molecule is CC(C)(SCc1ncccn1)[C@@H](N)C(=O)O. The van der Waals surface area contributed by atoms with Crippen LogP contribution in [0.2, 0.25) is 0 Å². The van der Waals surface area contributed by atoms with Gasteiger partial charge in [0.1, 0.15) is 11.9 Å². The minimum atomic E-state index is -0.994. The standard InChI is InChI=1S/C10H15N3O2S/c1-10(2,8(11)9(14)15)16-6-7-12-4-3-5-13-7/h3-5,8H,6,11H2,1-2H3,(H,14,15)/t8-/m0/s1. The summed E-state index contributed by atoms with van der Waals surface area (Å²) in [5, 5.41) is 8.85. The van der Waals surface area contributed by atoms with E-state index < -0.39 is 16.8 Å². The van der Waals surface area contributed by atoms with Gasteiger partial charge in [0.25, 0.3) is 0 Å². The van der Waals surface area contributed by atoms with Crippen LogP contribution in [0.5, 0.6) is 0 Å². The van der Waals surface area contributed by atoms with E-state index in [1.165, 1.54) is 11.8 Å². The van der Waals surface area contributed by atoms with E-state index in [4.69, 9.17) is 10.8 Å². The highest BCUT2D eigenvalue weighted by molar-refractivity contribution is 7.99. The molecule has 1 atom stereocenters. The smallest absolute Gasteiger partial charge is 0.321 e. The number of nitrogens with zero attached hydrogens (tertiary/aromatic N) is 2. The number of hydrogen-bond acceptors (Lipinski definition) is 5. The molecule has 0 bridgehead atoms. The molecule has 16 heavy (non-hydrogen) atoms. The fraction of sp³-hybridized carbons (Fsp3) is 0.500. The molecule has 1 aromatic rings. The van der Waals surface area contributed by atoms with Crippen LogP contribution in [0, 0.1) is 0 Å². The molecule has 6 heteroatoms. The van der Waals surface area contributed by atoms with E-state index in [9.17, 15) is 4.79 Å². The van der Waals surface area contributed by atoms with Crippen molar-refractivity contribution in [2.45, 2.75) is 30.4 Å². The maximum atomic E-state index is 10.8. The summed E-state index contributed by atoms with van der Waals surface area (Å²) in [4.78, 5) is 18.9. The number of aliphatic carboxylic acids is 1. The first-order valence-electron chi connectivity index (χ1n) is 4.82. The molecule has 0 spiro atoms. The van der Waals surface area contributed by atoms with Crippen molar-refractivity contribution in [3.63, 3.8) is 0 Å². The van der Waals surface area contributed by atoms with Gasteiger partial charge in [-0.2, -0.15) is 0 Å². The molecule has 0 unspecified atom stereocenters. The molecular weight excluding hydrogens is 226 g/mol. The quantitative estimate of drug-likeness (QED) is 0.796. The van der Waals surface area contributed by atoms with Crippen LogP contribution in [0.15, 0.2) is 18.5 Å². The van der Waals surface area contributed by atoms with Gasteiger partial charge in [-0.15, -0.1) is 11.8 Å². The Balaban J connectivity index is 2.57. The second-order valence-corrected chi connectivity index (χ2v) is 5.50. The lowest BCUT2D eigenvalue weighted by atomic mass is 10.1.